The summed E-state index contributed by atoms with van der Waals surface area (Å²) in [6.07, 6.45) is 6.71. The highest BCUT2D eigenvalue weighted by atomic mass is 32.2. The van der Waals surface area contributed by atoms with Crippen LogP contribution < -0.4 is 9.64 Å². The van der Waals surface area contributed by atoms with Gasteiger partial charge in [-0.2, -0.15) is 24.9 Å². The predicted octanol–water partition coefficient (Wildman–Crippen LogP) is 13.7. The molecule has 0 bridgehead atoms. The molecule has 4 aliphatic rings. The average Bonchev–Trinajstić information content (AvgIpc) is 3.44. The number of halogens is 3. The second-order valence-corrected chi connectivity index (χ2v) is 20.5. The number of alkyl halides is 3. The highest BCUT2D eigenvalue weighted by molar-refractivity contribution is 8.01. The summed E-state index contributed by atoms with van der Waals surface area (Å²) in [5, 5.41) is 2.03. The molecule has 1 unspecified atom stereocenters. The Kier molecular flexibility index (Phi) is 9.22. The van der Waals surface area contributed by atoms with E-state index in [2.05, 4.69) is 118 Å². The van der Waals surface area contributed by atoms with Gasteiger partial charge in [0.2, 0.25) is 0 Å². The second kappa shape index (κ2) is 13.6. The Hall–Kier alpha value is -3.46. The molecule has 5 aromatic rings. The Balaban J connectivity index is 1.35. The highest BCUT2D eigenvalue weighted by Crippen LogP contribution is 2.67. The normalized spacial score (nSPS) is 21.8. The van der Waals surface area contributed by atoms with Gasteiger partial charge >= 0.3 is 6.18 Å². The zero-order valence-corrected chi connectivity index (χ0v) is 35.4. The zero-order valence-electron chi connectivity index (χ0n) is 32.9. The van der Waals surface area contributed by atoms with Crippen LogP contribution in [-0.4, -0.2) is 37.1 Å². The zero-order chi connectivity index (χ0) is 39.3. The molecule has 8 heteroatoms. The minimum atomic E-state index is -4.45. The van der Waals surface area contributed by atoms with E-state index in [1.165, 1.54) is 17.8 Å². The minimum Gasteiger partial charge on any atom is -0.472 e. The third-order valence-corrected chi connectivity index (χ3v) is 15.2. The van der Waals surface area contributed by atoms with Crippen LogP contribution in [0.3, 0.4) is 0 Å². The molecule has 56 heavy (non-hydrogen) atoms. The summed E-state index contributed by atoms with van der Waals surface area (Å²) in [6, 6.07) is 28.4. The van der Waals surface area contributed by atoms with Crippen LogP contribution in [0.15, 0.2) is 101 Å². The summed E-state index contributed by atoms with van der Waals surface area (Å²) in [5.41, 5.74) is 5.76. The van der Waals surface area contributed by atoms with Crippen molar-refractivity contribution in [2.75, 3.05) is 42.0 Å². The number of anilines is 1. The molecule has 290 valence electrons. The fourth-order valence-corrected chi connectivity index (χ4v) is 13.5. The second-order valence-electron chi connectivity index (χ2n) is 17.6. The molecule has 0 N–H and O–H groups in total. The largest absolute Gasteiger partial charge is 0.472 e. The fraction of sp³-hybridized carbons (Fsp3) is 0.375. The lowest BCUT2D eigenvalue weighted by molar-refractivity contribution is -0.137. The highest BCUT2D eigenvalue weighted by Gasteiger charge is 2.56. The molecule has 2 fully saturated rings. The van der Waals surface area contributed by atoms with Crippen molar-refractivity contribution < 1.29 is 17.9 Å². The van der Waals surface area contributed by atoms with Crippen molar-refractivity contribution in [2.24, 2.45) is 10.8 Å². The molecule has 2 heterocycles. The molecule has 9 rings (SSSR count). The van der Waals surface area contributed by atoms with Crippen molar-refractivity contribution in [3.05, 3.63) is 124 Å². The van der Waals surface area contributed by atoms with Crippen molar-refractivity contribution >= 4 is 57.8 Å². The van der Waals surface area contributed by atoms with Crippen LogP contribution in [0.5, 0.6) is 5.75 Å². The quantitative estimate of drug-likeness (QED) is 0.164. The Morgan fingerprint density at radius 1 is 0.732 bits per heavy atom. The van der Waals surface area contributed by atoms with Gasteiger partial charge in [-0.05, 0) is 113 Å². The van der Waals surface area contributed by atoms with Gasteiger partial charge in [-0.1, -0.05) is 82.3 Å². The predicted molar refractivity (Wildman–Crippen MR) is 233 cm³/mol. The smallest absolute Gasteiger partial charge is 0.416 e. The maximum Gasteiger partial charge on any atom is 0.416 e. The maximum absolute atomic E-state index is 14.7. The monoisotopic (exact) mass is 807 g/mol. The number of hydrogen-bond acceptors (Lipinski definition) is 5. The van der Waals surface area contributed by atoms with Gasteiger partial charge < -0.3 is 9.64 Å². The first-order valence-corrected chi connectivity index (χ1v) is 23.1. The van der Waals surface area contributed by atoms with E-state index >= 15 is 0 Å². The Bertz CT molecular complexity index is 2360. The lowest BCUT2D eigenvalue weighted by Crippen LogP contribution is -2.44. The summed E-state index contributed by atoms with van der Waals surface area (Å²) in [5.74, 6) is 3.06. The molecule has 2 aliphatic carbocycles. The third kappa shape index (κ3) is 6.10. The molecule has 0 radical (unpaired) electrons. The van der Waals surface area contributed by atoms with Crippen LogP contribution in [-0.2, 0) is 17.2 Å². The van der Waals surface area contributed by atoms with Crippen molar-refractivity contribution in [2.45, 2.75) is 73.9 Å². The molecule has 2 nitrogen and oxygen atoms in total. The van der Waals surface area contributed by atoms with Crippen LogP contribution in [0.25, 0.3) is 28.0 Å². The molecule has 0 aromatic heterocycles. The fourth-order valence-electron chi connectivity index (χ4n) is 11.1. The number of hydrogen-bond donors (Lipinski definition) is 0. The number of rotatable bonds is 5. The van der Waals surface area contributed by atoms with Crippen molar-refractivity contribution in [3.63, 3.8) is 0 Å². The van der Waals surface area contributed by atoms with Crippen LogP contribution in [0.4, 0.5) is 18.9 Å². The van der Waals surface area contributed by atoms with Gasteiger partial charge in [0.25, 0.3) is 0 Å². The first-order chi connectivity index (χ1) is 26.7. The molecule has 5 aromatic carbocycles. The first kappa shape index (κ1) is 38.1. The van der Waals surface area contributed by atoms with E-state index in [9.17, 15) is 13.2 Å². The number of nitrogens with zero attached hydrogens (tertiary/aromatic N) is 1. The minimum absolute atomic E-state index is 0.119. The third-order valence-electron chi connectivity index (χ3n) is 12.6. The summed E-state index contributed by atoms with van der Waals surface area (Å²) in [7, 11) is 0. The summed E-state index contributed by atoms with van der Waals surface area (Å²) >= 11 is 5.43. The molecular weight excluding hydrogens is 760 g/mol. The van der Waals surface area contributed by atoms with E-state index < -0.39 is 22.8 Å². The standard InChI is InChI=1S/C48H48F3NOS3/c1-44(2)27-45(3,4)29-46(28-44)38-24-32(48(49,50)51)14-17-34(38)41-36-25-39(54-5)40(55-6)26-37(36)43-35(42(41)46)18-19-47(53-43,30-10-8-7-9-11-30)31-12-15-33(16-13-31)52-20-22-56-23-21-52/h7-19,24-26H,20-23,27-29H2,1-6H3. The lowest BCUT2D eigenvalue weighted by atomic mass is 9.52. The van der Waals surface area contributed by atoms with Crippen LogP contribution in [0.2, 0.25) is 0 Å². The van der Waals surface area contributed by atoms with E-state index in [-0.39, 0.29) is 10.8 Å². The molecule has 1 saturated heterocycles. The molecular formula is C48H48F3NOS3. The van der Waals surface area contributed by atoms with E-state index in [0.29, 0.717) is 0 Å². The first-order valence-electron chi connectivity index (χ1n) is 19.5. The van der Waals surface area contributed by atoms with Crippen LogP contribution in [0.1, 0.15) is 80.3 Å². The topological polar surface area (TPSA) is 12.5 Å². The Labute approximate surface area is 342 Å². The maximum atomic E-state index is 14.7. The van der Waals surface area contributed by atoms with Gasteiger partial charge in [0, 0.05) is 67.6 Å². The lowest BCUT2D eigenvalue weighted by Gasteiger charge is -2.52. The number of benzene rings is 5. The van der Waals surface area contributed by atoms with E-state index in [0.717, 1.165) is 109 Å². The number of thioether (sulfide) groups is 3. The van der Waals surface area contributed by atoms with E-state index in [1.54, 1.807) is 29.6 Å². The van der Waals surface area contributed by atoms with Crippen molar-refractivity contribution in [1.82, 2.24) is 0 Å². The molecule has 1 atom stereocenters. The van der Waals surface area contributed by atoms with Gasteiger partial charge in [-0.25, -0.2) is 0 Å². The van der Waals surface area contributed by atoms with Crippen molar-refractivity contribution in [3.8, 4) is 16.9 Å². The van der Waals surface area contributed by atoms with Crippen LogP contribution in [0, 0.1) is 10.8 Å². The van der Waals surface area contributed by atoms with Crippen molar-refractivity contribution in [1.29, 1.82) is 0 Å². The summed E-state index contributed by atoms with van der Waals surface area (Å²) < 4.78 is 51.7. The van der Waals surface area contributed by atoms with E-state index in [1.807, 2.05) is 17.8 Å². The summed E-state index contributed by atoms with van der Waals surface area (Å²) in [6.45, 7) is 11.3. The molecule has 2 aliphatic heterocycles. The SMILES string of the molecule is CSc1cc2c3c(c4c(c2cc1SC)-c1ccc(C(F)(F)F)cc1C41CC(C)(C)CC(C)(C)C1)C=CC(c1ccccc1)(c1ccc(N2CCSCC2)cc1)O3. The van der Waals surface area contributed by atoms with Gasteiger partial charge in [0.05, 0.1) is 5.56 Å². The van der Waals surface area contributed by atoms with Gasteiger partial charge in [-0.15, -0.1) is 23.5 Å². The molecule has 1 spiro atoms. The number of fused-ring (bicyclic) bond motifs is 10. The number of ether oxygens (including phenoxy) is 1. The Morgan fingerprint density at radius 2 is 1.36 bits per heavy atom. The molecule has 1 saturated carbocycles. The van der Waals surface area contributed by atoms with Gasteiger partial charge in [0.15, 0.2) is 5.60 Å². The molecule has 0 amide bonds. The Morgan fingerprint density at radius 3 is 1.98 bits per heavy atom. The average molecular weight is 808 g/mol. The van der Waals surface area contributed by atoms with Gasteiger partial charge in [0.1, 0.15) is 5.75 Å². The summed E-state index contributed by atoms with van der Waals surface area (Å²) in [4.78, 5) is 4.76. The van der Waals surface area contributed by atoms with Crippen LogP contribution >= 0.6 is 35.3 Å². The van der Waals surface area contributed by atoms with E-state index in [4.69, 9.17) is 4.74 Å². The van der Waals surface area contributed by atoms with Gasteiger partial charge in [-0.3, -0.25) is 0 Å².